The van der Waals surface area contributed by atoms with E-state index in [1.165, 1.54) is 0 Å². The molecular weight excluding hydrogens is 160 g/mol. The fourth-order valence-corrected chi connectivity index (χ4v) is 1.29. The van der Waals surface area contributed by atoms with Crippen LogP contribution in [-0.2, 0) is 11.3 Å². The van der Waals surface area contributed by atoms with Gasteiger partial charge in [0.15, 0.2) is 4.99 Å². The fourth-order valence-electron chi connectivity index (χ4n) is 0.956. The van der Waals surface area contributed by atoms with Crippen LogP contribution in [0.2, 0.25) is 0 Å². The van der Waals surface area contributed by atoms with E-state index in [4.69, 9.17) is 0 Å². The summed E-state index contributed by atoms with van der Waals surface area (Å²) < 4.78 is 10.4. The second kappa shape index (κ2) is 2.39. The molecule has 0 saturated heterocycles. The molecule has 0 aliphatic carbocycles. The Kier molecular flexibility index (Phi) is 1.40. The van der Waals surface area contributed by atoms with Crippen molar-refractivity contribution in [3.05, 3.63) is 29.8 Å². The molecule has 1 heterocycles. The van der Waals surface area contributed by atoms with E-state index in [1.54, 1.807) is 0 Å². The Morgan fingerprint density at radius 1 is 1.18 bits per heavy atom. The molecule has 11 heavy (non-hydrogen) atoms. The van der Waals surface area contributed by atoms with Gasteiger partial charge in [-0.3, -0.25) is 0 Å². The molecule has 1 aromatic carbocycles. The molecule has 0 N–H and O–H groups in total. The van der Waals surface area contributed by atoms with E-state index in [-0.39, 0.29) is 0 Å². The highest BCUT2D eigenvalue weighted by Gasteiger charge is 2.12. The van der Waals surface area contributed by atoms with Crippen LogP contribution in [0.1, 0.15) is 5.56 Å². The Labute approximate surface area is 66.8 Å². The SMILES string of the molecule is O=S=C1N=Nc2ccccc21. The first-order valence-corrected chi connectivity index (χ1v) is 3.84. The summed E-state index contributed by atoms with van der Waals surface area (Å²) in [5.74, 6) is 0. The maximum atomic E-state index is 10.4. The fraction of sp³-hybridized carbons (Fsp3) is 0. The van der Waals surface area contributed by atoms with Gasteiger partial charge in [0, 0.05) is 5.56 Å². The number of benzene rings is 1. The summed E-state index contributed by atoms with van der Waals surface area (Å²) in [5.41, 5.74) is 1.62. The van der Waals surface area contributed by atoms with Crippen LogP contribution >= 0.6 is 0 Å². The number of hydrogen-bond donors (Lipinski definition) is 0. The summed E-state index contributed by atoms with van der Waals surface area (Å²) in [6, 6.07) is 7.42. The molecule has 4 heteroatoms. The summed E-state index contributed by atoms with van der Waals surface area (Å²) in [5, 5.41) is 7.53. The Morgan fingerprint density at radius 3 is 2.82 bits per heavy atom. The van der Waals surface area contributed by atoms with Crippen molar-refractivity contribution in [2.45, 2.75) is 0 Å². The normalized spacial score (nSPS) is 13.3. The minimum atomic E-state index is 0.381. The van der Waals surface area contributed by atoms with Crippen molar-refractivity contribution in [1.82, 2.24) is 0 Å². The highest BCUT2D eigenvalue weighted by Crippen LogP contribution is 2.25. The van der Waals surface area contributed by atoms with E-state index < -0.39 is 0 Å². The van der Waals surface area contributed by atoms with Crippen molar-refractivity contribution >= 4 is 21.9 Å². The number of rotatable bonds is 0. The molecule has 54 valence electrons. The van der Waals surface area contributed by atoms with Crippen molar-refractivity contribution in [3.63, 3.8) is 0 Å². The highest BCUT2D eigenvalue weighted by atomic mass is 32.1. The molecule has 1 aliphatic heterocycles. The standard InChI is InChI=1S/C7H4N2OS/c10-11-7-5-3-1-2-4-6(5)8-9-7/h1-4H. The monoisotopic (exact) mass is 164 g/mol. The zero-order valence-corrected chi connectivity index (χ0v) is 6.34. The second-order valence-corrected chi connectivity index (χ2v) is 2.66. The van der Waals surface area contributed by atoms with Gasteiger partial charge in [0.05, 0.1) is 5.69 Å². The smallest absolute Gasteiger partial charge is 0.188 e. The van der Waals surface area contributed by atoms with Gasteiger partial charge >= 0.3 is 0 Å². The lowest BCUT2D eigenvalue weighted by Gasteiger charge is -1.89. The van der Waals surface area contributed by atoms with Crippen LogP contribution < -0.4 is 0 Å². The quantitative estimate of drug-likeness (QED) is 0.535. The first kappa shape index (κ1) is 6.42. The van der Waals surface area contributed by atoms with E-state index in [0.717, 1.165) is 11.3 Å². The average molecular weight is 164 g/mol. The van der Waals surface area contributed by atoms with Crippen LogP contribution in [0.4, 0.5) is 5.69 Å². The second-order valence-electron chi connectivity index (χ2n) is 2.11. The van der Waals surface area contributed by atoms with Gasteiger partial charge < -0.3 is 0 Å². The van der Waals surface area contributed by atoms with E-state index in [0.29, 0.717) is 16.2 Å². The zero-order valence-electron chi connectivity index (χ0n) is 5.52. The predicted molar refractivity (Wildman–Crippen MR) is 43.2 cm³/mol. The molecule has 0 amide bonds. The predicted octanol–water partition coefficient (Wildman–Crippen LogP) is 1.47. The van der Waals surface area contributed by atoms with Gasteiger partial charge in [-0.05, 0) is 12.1 Å². The van der Waals surface area contributed by atoms with E-state index in [9.17, 15) is 4.21 Å². The van der Waals surface area contributed by atoms with Crippen LogP contribution in [-0.4, -0.2) is 9.20 Å². The molecule has 0 spiro atoms. The Hall–Kier alpha value is -1.29. The summed E-state index contributed by atoms with van der Waals surface area (Å²) in [6.07, 6.45) is 0. The zero-order chi connectivity index (χ0) is 7.68. The molecule has 0 radical (unpaired) electrons. The van der Waals surface area contributed by atoms with Crippen LogP contribution in [0, 0.1) is 0 Å². The summed E-state index contributed by atoms with van der Waals surface area (Å²) in [6.45, 7) is 0. The molecule has 0 atom stereocenters. The van der Waals surface area contributed by atoms with Crippen LogP contribution in [0.5, 0.6) is 0 Å². The Morgan fingerprint density at radius 2 is 2.00 bits per heavy atom. The topological polar surface area (TPSA) is 41.8 Å². The summed E-state index contributed by atoms with van der Waals surface area (Å²) >= 11 is 0.381. The van der Waals surface area contributed by atoms with Crippen molar-refractivity contribution in [1.29, 1.82) is 0 Å². The first-order valence-electron chi connectivity index (χ1n) is 3.10. The van der Waals surface area contributed by atoms with E-state index in [1.807, 2.05) is 24.3 Å². The molecule has 3 nitrogen and oxygen atoms in total. The lowest BCUT2D eigenvalue weighted by Crippen LogP contribution is -1.89. The number of fused-ring (bicyclic) bond motifs is 1. The average Bonchev–Trinajstić information content (AvgIpc) is 2.47. The molecular formula is C7H4N2OS. The molecule has 0 fully saturated rings. The van der Waals surface area contributed by atoms with Crippen LogP contribution in [0.25, 0.3) is 0 Å². The van der Waals surface area contributed by atoms with Gasteiger partial charge in [0.2, 0.25) is 0 Å². The van der Waals surface area contributed by atoms with Crippen molar-refractivity contribution < 1.29 is 4.21 Å². The van der Waals surface area contributed by atoms with Gasteiger partial charge in [0.25, 0.3) is 0 Å². The van der Waals surface area contributed by atoms with E-state index in [2.05, 4.69) is 10.2 Å². The minimum absolute atomic E-state index is 0.381. The van der Waals surface area contributed by atoms with Crippen molar-refractivity contribution in [3.8, 4) is 0 Å². The van der Waals surface area contributed by atoms with Crippen molar-refractivity contribution in [2.24, 2.45) is 10.2 Å². The molecule has 0 bridgehead atoms. The van der Waals surface area contributed by atoms with Crippen LogP contribution in [0.15, 0.2) is 34.5 Å². The van der Waals surface area contributed by atoms with Gasteiger partial charge in [-0.25, -0.2) is 4.21 Å². The Balaban J connectivity index is 2.72. The molecule has 2 rings (SSSR count). The minimum Gasteiger partial charge on any atom is -0.210 e. The maximum Gasteiger partial charge on any atom is 0.188 e. The summed E-state index contributed by atoms with van der Waals surface area (Å²) in [4.78, 5) is 0.459. The largest absolute Gasteiger partial charge is 0.210 e. The molecule has 0 aromatic heterocycles. The third-order valence-electron chi connectivity index (χ3n) is 1.46. The van der Waals surface area contributed by atoms with Crippen molar-refractivity contribution in [2.75, 3.05) is 0 Å². The van der Waals surface area contributed by atoms with Gasteiger partial charge in [-0.2, -0.15) is 0 Å². The molecule has 1 aliphatic rings. The number of azo groups is 1. The lowest BCUT2D eigenvalue weighted by molar-refractivity contribution is 0.701. The lowest BCUT2D eigenvalue weighted by atomic mass is 10.2. The van der Waals surface area contributed by atoms with E-state index >= 15 is 0 Å². The van der Waals surface area contributed by atoms with Crippen LogP contribution in [0.3, 0.4) is 0 Å². The number of nitrogens with zero attached hydrogens (tertiary/aromatic N) is 2. The molecule has 0 saturated carbocycles. The highest BCUT2D eigenvalue weighted by molar-refractivity contribution is 7.67. The third-order valence-corrected chi connectivity index (χ3v) is 1.92. The summed E-state index contributed by atoms with van der Waals surface area (Å²) in [7, 11) is 0. The Bertz CT molecular complexity index is 380. The number of hydrogen-bond acceptors (Lipinski definition) is 2. The van der Waals surface area contributed by atoms with Gasteiger partial charge in [-0.15, -0.1) is 10.2 Å². The maximum absolute atomic E-state index is 10.4. The molecule has 0 unspecified atom stereocenters. The molecule has 1 aromatic rings. The first-order chi connectivity index (χ1) is 5.42. The van der Waals surface area contributed by atoms with Gasteiger partial charge in [-0.1, -0.05) is 12.1 Å². The third kappa shape index (κ3) is 0.914. The van der Waals surface area contributed by atoms with Gasteiger partial charge in [0.1, 0.15) is 11.3 Å².